The molecule has 18 heavy (non-hydrogen) atoms. The van der Waals surface area contributed by atoms with Crippen molar-refractivity contribution in [3.63, 3.8) is 0 Å². The lowest BCUT2D eigenvalue weighted by atomic mass is 10.0. The topological polar surface area (TPSA) is 38.3 Å². The number of halogens is 1. The Hall–Kier alpha value is -1.06. The molecule has 1 amide bonds. The highest BCUT2D eigenvalue weighted by molar-refractivity contribution is 6.30. The lowest BCUT2D eigenvalue weighted by Crippen LogP contribution is -2.36. The van der Waals surface area contributed by atoms with Gasteiger partial charge in [0.1, 0.15) is 6.10 Å². The maximum atomic E-state index is 12.0. The van der Waals surface area contributed by atoms with Crippen LogP contribution in [0.4, 0.5) is 0 Å². The van der Waals surface area contributed by atoms with E-state index in [0.29, 0.717) is 11.6 Å². The van der Waals surface area contributed by atoms with Crippen LogP contribution in [0.5, 0.6) is 0 Å². The van der Waals surface area contributed by atoms with Crippen molar-refractivity contribution in [2.24, 2.45) is 0 Å². The van der Waals surface area contributed by atoms with Gasteiger partial charge in [0.25, 0.3) is 0 Å². The second-order valence-corrected chi connectivity index (χ2v) is 4.96. The average molecular weight is 268 g/mol. The van der Waals surface area contributed by atoms with Gasteiger partial charge in [-0.05, 0) is 37.0 Å². The van der Waals surface area contributed by atoms with Gasteiger partial charge >= 0.3 is 0 Å². The van der Waals surface area contributed by atoms with Crippen LogP contribution in [0.15, 0.2) is 24.3 Å². The zero-order valence-electron chi connectivity index (χ0n) is 10.5. The second-order valence-electron chi connectivity index (χ2n) is 4.52. The number of amides is 1. The number of carbonyl (C=O) groups excluding carboxylic acids is 1. The molecule has 1 saturated heterocycles. The van der Waals surface area contributed by atoms with Gasteiger partial charge in [-0.15, -0.1) is 0 Å². The number of rotatable bonds is 4. The molecule has 0 radical (unpaired) electrons. The van der Waals surface area contributed by atoms with Crippen LogP contribution in [0.1, 0.15) is 37.8 Å². The lowest BCUT2D eigenvalue weighted by molar-refractivity contribution is -0.130. The van der Waals surface area contributed by atoms with Gasteiger partial charge in [-0.25, -0.2) is 0 Å². The summed E-state index contributed by atoms with van der Waals surface area (Å²) >= 11 is 5.86. The Labute approximate surface area is 112 Å². The van der Waals surface area contributed by atoms with Crippen molar-refractivity contribution >= 4 is 17.5 Å². The first-order valence-electron chi connectivity index (χ1n) is 6.38. The molecule has 2 atom stereocenters. The number of nitrogens with one attached hydrogen (secondary N) is 1. The van der Waals surface area contributed by atoms with Crippen LogP contribution in [-0.2, 0) is 9.53 Å². The van der Waals surface area contributed by atoms with Crippen LogP contribution in [-0.4, -0.2) is 18.6 Å². The molecule has 1 heterocycles. The van der Waals surface area contributed by atoms with Gasteiger partial charge in [0.15, 0.2) is 0 Å². The van der Waals surface area contributed by atoms with E-state index in [9.17, 15) is 4.79 Å². The largest absolute Gasteiger partial charge is 0.368 e. The van der Waals surface area contributed by atoms with E-state index in [0.717, 1.165) is 24.8 Å². The molecule has 1 aromatic rings. The highest BCUT2D eigenvalue weighted by Crippen LogP contribution is 2.20. The van der Waals surface area contributed by atoms with Crippen molar-refractivity contribution in [2.75, 3.05) is 6.61 Å². The molecule has 2 rings (SSSR count). The van der Waals surface area contributed by atoms with Crippen molar-refractivity contribution in [3.05, 3.63) is 34.9 Å². The molecule has 98 valence electrons. The highest BCUT2D eigenvalue weighted by atomic mass is 35.5. The van der Waals surface area contributed by atoms with E-state index in [1.807, 2.05) is 24.3 Å². The van der Waals surface area contributed by atoms with Crippen LogP contribution in [0.2, 0.25) is 5.02 Å². The van der Waals surface area contributed by atoms with Gasteiger partial charge in [0.05, 0.1) is 6.04 Å². The Kier molecular flexibility index (Phi) is 4.61. The fraction of sp³-hybridized carbons (Fsp3) is 0.500. The SMILES string of the molecule is CC[C@@H](NC(=O)[C@@H]1CCCO1)c1ccc(Cl)cc1. The van der Waals surface area contributed by atoms with Crippen LogP contribution in [0.25, 0.3) is 0 Å². The minimum absolute atomic E-state index is 0.00528. The third-order valence-corrected chi connectivity index (χ3v) is 3.47. The standard InChI is InChI=1S/C14H18ClNO2/c1-2-12(10-5-7-11(15)8-6-10)16-14(17)13-4-3-9-18-13/h5-8,12-13H,2-4,9H2,1H3,(H,16,17)/t12-,13+/m1/s1. The number of hydrogen-bond acceptors (Lipinski definition) is 2. The zero-order valence-corrected chi connectivity index (χ0v) is 11.2. The summed E-state index contributed by atoms with van der Waals surface area (Å²) in [6.07, 6.45) is 2.37. The molecule has 1 N–H and O–H groups in total. The zero-order chi connectivity index (χ0) is 13.0. The molecule has 4 heteroatoms. The summed E-state index contributed by atoms with van der Waals surface area (Å²) in [6, 6.07) is 7.62. The molecule has 0 spiro atoms. The maximum absolute atomic E-state index is 12.0. The monoisotopic (exact) mass is 267 g/mol. The van der Waals surface area contributed by atoms with Gasteiger partial charge in [0.2, 0.25) is 5.91 Å². The second kappa shape index (κ2) is 6.21. The summed E-state index contributed by atoms with van der Waals surface area (Å²) in [5.41, 5.74) is 1.08. The van der Waals surface area contributed by atoms with Gasteiger partial charge in [-0.1, -0.05) is 30.7 Å². The van der Waals surface area contributed by atoms with E-state index < -0.39 is 0 Å². The minimum Gasteiger partial charge on any atom is -0.368 e. The first-order valence-corrected chi connectivity index (χ1v) is 6.76. The van der Waals surface area contributed by atoms with Crippen molar-refractivity contribution in [1.29, 1.82) is 0 Å². The fourth-order valence-electron chi connectivity index (χ4n) is 2.17. The Morgan fingerprint density at radius 2 is 2.22 bits per heavy atom. The van der Waals surface area contributed by atoms with E-state index in [1.54, 1.807) is 0 Å². The predicted octanol–water partition coefficient (Wildman–Crippen LogP) is 3.09. The predicted molar refractivity (Wildman–Crippen MR) is 71.6 cm³/mol. The Morgan fingerprint density at radius 1 is 1.50 bits per heavy atom. The van der Waals surface area contributed by atoms with Gasteiger partial charge in [-0.3, -0.25) is 4.79 Å². The Bertz CT molecular complexity index is 399. The number of benzene rings is 1. The smallest absolute Gasteiger partial charge is 0.249 e. The Morgan fingerprint density at radius 3 is 2.78 bits per heavy atom. The van der Waals surface area contributed by atoms with Crippen molar-refractivity contribution < 1.29 is 9.53 Å². The quantitative estimate of drug-likeness (QED) is 0.910. The first-order chi connectivity index (χ1) is 8.70. The number of ether oxygens (including phenoxy) is 1. The van der Waals surface area contributed by atoms with E-state index in [1.165, 1.54) is 0 Å². The Balaban J connectivity index is 2.00. The molecular weight excluding hydrogens is 250 g/mol. The van der Waals surface area contributed by atoms with Gasteiger partial charge in [-0.2, -0.15) is 0 Å². The van der Waals surface area contributed by atoms with Crippen molar-refractivity contribution in [3.8, 4) is 0 Å². The minimum atomic E-state index is -0.272. The van der Waals surface area contributed by atoms with Crippen LogP contribution in [0, 0.1) is 0 Å². The van der Waals surface area contributed by atoms with Crippen LogP contribution < -0.4 is 5.32 Å². The number of carbonyl (C=O) groups is 1. The molecular formula is C14H18ClNO2. The molecule has 0 unspecified atom stereocenters. The van der Waals surface area contributed by atoms with E-state index in [-0.39, 0.29) is 18.1 Å². The summed E-state index contributed by atoms with van der Waals surface area (Å²) in [4.78, 5) is 12.0. The molecule has 0 aliphatic carbocycles. The molecule has 1 aliphatic heterocycles. The summed E-state index contributed by atoms with van der Waals surface area (Å²) < 4.78 is 5.38. The van der Waals surface area contributed by atoms with Gasteiger partial charge < -0.3 is 10.1 Å². The van der Waals surface area contributed by atoms with Crippen molar-refractivity contribution in [1.82, 2.24) is 5.32 Å². The van der Waals surface area contributed by atoms with E-state index in [4.69, 9.17) is 16.3 Å². The van der Waals surface area contributed by atoms with Gasteiger partial charge in [0, 0.05) is 11.6 Å². The first kappa shape index (κ1) is 13.4. The summed E-state index contributed by atoms with van der Waals surface area (Å²) in [5, 5.41) is 3.74. The van der Waals surface area contributed by atoms with Crippen LogP contribution in [0.3, 0.4) is 0 Å². The number of hydrogen-bond donors (Lipinski definition) is 1. The molecule has 0 bridgehead atoms. The summed E-state index contributed by atoms with van der Waals surface area (Å²) in [7, 11) is 0. The fourth-order valence-corrected chi connectivity index (χ4v) is 2.29. The molecule has 1 fully saturated rings. The molecule has 0 aromatic heterocycles. The molecule has 0 saturated carbocycles. The van der Waals surface area contributed by atoms with Crippen molar-refractivity contribution in [2.45, 2.75) is 38.3 Å². The van der Waals surface area contributed by atoms with E-state index in [2.05, 4.69) is 12.2 Å². The highest BCUT2D eigenvalue weighted by Gasteiger charge is 2.25. The maximum Gasteiger partial charge on any atom is 0.249 e. The average Bonchev–Trinajstić information content (AvgIpc) is 2.91. The third-order valence-electron chi connectivity index (χ3n) is 3.22. The normalized spacial score (nSPS) is 20.7. The molecule has 1 aromatic carbocycles. The van der Waals surface area contributed by atoms with Crippen LogP contribution >= 0.6 is 11.6 Å². The summed E-state index contributed by atoms with van der Waals surface area (Å²) in [6.45, 7) is 2.74. The van der Waals surface area contributed by atoms with E-state index >= 15 is 0 Å². The third kappa shape index (κ3) is 3.24. The molecule has 3 nitrogen and oxygen atoms in total. The lowest BCUT2D eigenvalue weighted by Gasteiger charge is -2.19. The summed E-state index contributed by atoms with van der Waals surface area (Å²) in [5.74, 6) is -0.00528. The molecule has 1 aliphatic rings.